The molecule has 0 aromatic rings. The smallest absolute Gasteiger partial charge is 0.249 e. The van der Waals surface area contributed by atoms with Gasteiger partial charge in [0.25, 0.3) is 0 Å². The number of carbonyl (C=O) groups excluding carboxylic acids is 1. The molecule has 0 spiro atoms. The van der Waals surface area contributed by atoms with Gasteiger partial charge in [-0.25, -0.2) is 0 Å². The first-order chi connectivity index (χ1) is 34.5. The maximum atomic E-state index is 12.6. The second-order valence-corrected chi connectivity index (χ2v) is 22.8. The summed E-state index contributed by atoms with van der Waals surface area (Å²) in [6.07, 6.45) is 70.8. The van der Waals surface area contributed by atoms with Crippen LogP contribution in [0.2, 0.25) is 0 Å². The van der Waals surface area contributed by atoms with Crippen molar-refractivity contribution in [2.24, 2.45) is 0 Å². The van der Waals surface area contributed by atoms with Crippen LogP contribution in [0.5, 0.6) is 0 Å². The maximum absolute atomic E-state index is 12.6. The van der Waals surface area contributed by atoms with Gasteiger partial charge in [0.1, 0.15) is 12.2 Å². The van der Waals surface area contributed by atoms with Crippen LogP contribution in [0.15, 0.2) is 0 Å². The normalized spacial score (nSPS) is 13.5. The average molecular weight is 993 g/mol. The zero-order valence-corrected chi connectivity index (χ0v) is 47.8. The molecule has 0 bridgehead atoms. The summed E-state index contributed by atoms with van der Waals surface area (Å²) in [5.41, 5.74) is 0. The zero-order chi connectivity index (χ0) is 50.9. The summed E-state index contributed by atoms with van der Waals surface area (Å²) in [6.45, 7) is 4.10. The number of carbonyl (C=O) groups is 1. The molecule has 4 unspecified atom stereocenters. The van der Waals surface area contributed by atoms with Gasteiger partial charge >= 0.3 is 0 Å². The molecule has 5 N–H and O–H groups in total. The van der Waals surface area contributed by atoms with Crippen molar-refractivity contribution in [2.45, 2.75) is 398 Å². The predicted octanol–water partition coefficient (Wildman–Crippen LogP) is 19.4. The first kappa shape index (κ1) is 69.3. The molecule has 0 aliphatic carbocycles. The highest BCUT2D eigenvalue weighted by molar-refractivity contribution is 5.80. The van der Waals surface area contributed by atoms with E-state index in [1.807, 2.05) is 0 Å². The fourth-order valence-corrected chi connectivity index (χ4v) is 10.8. The van der Waals surface area contributed by atoms with Crippen LogP contribution in [0.4, 0.5) is 0 Å². The highest BCUT2D eigenvalue weighted by Crippen LogP contribution is 2.20. The van der Waals surface area contributed by atoms with Crippen LogP contribution in [0.1, 0.15) is 373 Å². The summed E-state index contributed by atoms with van der Waals surface area (Å²) >= 11 is 0. The molecular weight excluding hydrogens is 863 g/mol. The molecule has 0 saturated heterocycles. The Bertz CT molecular complexity index is 979. The molecule has 70 heavy (non-hydrogen) atoms. The molecule has 4 atom stereocenters. The molecule has 0 saturated carbocycles. The van der Waals surface area contributed by atoms with Gasteiger partial charge in [0.2, 0.25) is 5.91 Å². The van der Waals surface area contributed by atoms with Crippen molar-refractivity contribution in [2.75, 3.05) is 6.61 Å². The summed E-state index contributed by atoms with van der Waals surface area (Å²) in [4.78, 5) is 12.6. The maximum Gasteiger partial charge on any atom is 0.249 e. The lowest BCUT2D eigenvalue weighted by atomic mass is 9.99. The van der Waals surface area contributed by atoms with Gasteiger partial charge in [-0.15, -0.1) is 0 Å². The van der Waals surface area contributed by atoms with Gasteiger partial charge in [-0.2, -0.15) is 0 Å². The van der Waals surface area contributed by atoms with Crippen molar-refractivity contribution >= 4 is 5.91 Å². The van der Waals surface area contributed by atoms with Gasteiger partial charge in [-0.3, -0.25) is 4.79 Å². The molecule has 0 aromatic carbocycles. The number of hydrogen-bond donors (Lipinski definition) is 5. The number of unbranched alkanes of at least 4 members (excludes halogenated alkanes) is 52. The number of rotatable bonds is 61. The van der Waals surface area contributed by atoms with Crippen LogP contribution in [-0.2, 0) is 4.79 Å². The first-order valence-corrected chi connectivity index (χ1v) is 32.4. The van der Waals surface area contributed by atoms with E-state index in [-0.39, 0.29) is 0 Å². The van der Waals surface area contributed by atoms with E-state index in [0.717, 1.165) is 38.5 Å². The van der Waals surface area contributed by atoms with E-state index in [0.29, 0.717) is 12.8 Å². The lowest BCUT2D eigenvalue weighted by Gasteiger charge is -2.27. The standard InChI is InChI=1S/C64H129NO5/c1-3-5-7-9-11-13-15-17-19-21-22-23-24-25-26-27-28-29-30-31-32-33-34-35-36-37-38-39-40-41-42-44-46-48-50-52-54-56-58-62(68)64(70)65-60(59-66)63(69)61(67)57-55-53-51-49-47-45-43-20-18-16-14-12-10-8-6-4-2/h60-63,66-69H,3-59H2,1-2H3,(H,65,70). The molecule has 0 rings (SSSR count). The van der Waals surface area contributed by atoms with Gasteiger partial charge in [-0.1, -0.05) is 361 Å². The Hall–Kier alpha value is -0.690. The van der Waals surface area contributed by atoms with E-state index in [2.05, 4.69) is 19.2 Å². The lowest BCUT2D eigenvalue weighted by molar-refractivity contribution is -0.132. The molecule has 0 radical (unpaired) electrons. The van der Waals surface area contributed by atoms with E-state index in [1.165, 1.54) is 308 Å². The first-order valence-electron chi connectivity index (χ1n) is 32.4. The van der Waals surface area contributed by atoms with E-state index < -0.39 is 36.9 Å². The van der Waals surface area contributed by atoms with Gasteiger partial charge in [0, 0.05) is 0 Å². The van der Waals surface area contributed by atoms with Crippen molar-refractivity contribution in [3.63, 3.8) is 0 Å². The van der Waals surface area contributed by atoms with Crippen LogP contribution in [0, 0.1) is 0 Å². The van der Waals surface area contributed by atoms with E-state index in [4.69, 9.17) is 0 Å². The van der Waals surface area contributed by atoms with Crippen LogP contribution >= 0.6 is 0 Å². The van der Waals surface area contributed by atoms with Crippen molar-refractivity contribution in [3.8, 4) is 0 Å². The molecule has 0 fully saturated rings. The summed E-state index contributed by atoms with van der Waals surface area (Å²) in [7, 11) is 0. The van der Waals surface area contributed by atoms with Crippen LogP contribution < -0.4 is 5.32 Å². The Morgan fingerprint density at radius 1 is 0.300 bits per heavy atom. The second kappa shape index (κ2) is 59.2. The summed E-state index contributed by atoms with van der Waals surface area (Å²) in [5, 5.41) is 44.0. The Morgan fingerprint density at radius 2 is 0.486 bits per heavy atom. The molecule has 0 heterocycles. The monoisotopic (exact) mass is 992 g/mol. The minimum Gasteiger partial charge on any atom is -0.394 e. The predicted molar refractivity (Wildman–Crippen MR) is 307 cm³/mol. The van der Waals surface area contributed by atoms with E-state index in [1.54, 1.807) is 0 Å². The van der Waals surface area contributed by atoms with Crippen molar-refractivity contribution < 1.29 is 25.2 Å². The van der Waals surface area contributed by atoms with Gasteiger partial charge in [0.05, 0.1) is 18.8 Å². The molecule has 0 aliphatic heterocycles. The largest absolute Gasteiger partial charge is 0.394 e. The topological polar surface area (TPSA) is 110 Å². The molecule has 0 aromatic heterocycles. The second-order valence-electron chi connectivity index (χ2n) is 22.8. The molecule has 0 aliphatic rings. The number of amides is 1. The molecule has 420 valence electrons. The summed E-state index contributed by atoms with van der Waals surface area (Å²) in [6, 6.07) is -0.981. The van der Waals surface area contributed by atoms with Crippen LogP contribution in [0.3, 0.4) is 0 Å². The summed E-state index contributed by atoms with van der Waals surface area (Å²) < 4.78 is 0. The van der Waals surface area contributed by atoms with E-state index in [9.17, 15) is 25.2 Å². The Balaban J connectivity index is 3.46. The van der Waals surface area contributed by atoms with Gasteiger partial charge in [-0.05, 0) is 12.8 Å². The Morgan fingerprint density at radius 3 is 0.686 bits per heavy atom. The van der Waals surface area contributed by atoms with Gasteiger partial charge in [0.15, 0.2) is 0 Å². The molecule has 1 amide bonds. The lowest BCUT2D eigenvalue weighted by Crippen LogP contribution is -2.53. The SMILES string of the molecule is CCCCCCCCCCCCCCCCCCCCCCCCCCCCCCCCCCCCCCCCC(O)C(=O)NC(CO)C(O)C(O)CCCCCCCCCCCCCCCCCC. The third-order valence-corrected chi connectivity index (χ3v) is 15.8. The van der Waals surface area contributed by atoms with Crippen molar-refractivity contribution in [3.05, 3.63) is 0 Å². The average Bonchev–Trinajstić information content (AvgIpc) is 3.36. The number of hydrogen-bond acceptors (Lipinski definition) is 5. The number of nitrogens with one attached hydrogen (secondary N) is 1. The molecule has 6 heteroatoms. The fourth-order valence-electron chi connectivity index (χ4n) is 10.8. The Labute approximate surface area is 439 Å². The van der Waals surface area contributed by atoms with Crippen molar-refractivity contribution in [1.82, 2.24) is 5.32 Å². The van der Waals surface area contributed by atoms with Gasteiger partial charge < -0.3 is 25.7 Å². The fraction of sp³-hybridized carbons (Fsp3) is 0.984. The Kier molecular flexibility index (Phi) is 58.6. The van der Waals surface area contributed by atoms with Crippen molar-refractivity contribution in [1.29, 1.82) is 0 Å². The van der Waals surface area contributed by atoms with E-state index >= 15 is 0 Å². The third kappa shape index (κ3) is 52.2. The minimum absolute atomic E-state index is 0.376. The third-order valence-electron chi connectivity index (χ3n) is 15.8. The quantitative estimate of drug-likeness (QED) is 0.0390. The summed E-state index contributed by atoms with van der Waals surface area (Å²) in [5.74, 6) is -0.575. The van der Waals surface area contributed by atoms with Crippen LogP contribution in [-0.4, -0.2) is 57.3 Å². The highest BCUT2D eigenvalue weighted by atomic mass is 16.3. The minimum atomic E-state index is -1.25. The van der Waals surface area contributed by atoms with Crippen LogP contribution in [0.25, 0.3) is 0 Å². The molecule has 6 nitrogen and oxygen atoms in total. The number of aliphatic hydroxyl groups is 4. The molecular formula is C64H129NO5. The highest BCUT2D eigenvalue weighted by Gasteiger charge is 2.28. The zero-order valence-electron chi connectivity index (χ0n) is 47.8. The number of aliphatic hydroxyl groups excluding tert-OH is 4.